The van der Waals surface area contributed by atoms with E-state index in [2.05, 4.69) is 10.3 Å². The maximum Gasteiger partial charge on any atom is 0.254 e. The Morgan fingerprint density at radius 3 is 2.81 bits per heavy atom. The number of carbonyl (C=O) groups excluding carboxylic acids is 2. The van der Waals surface area contributed by atoms with Crippen LogP contribution in [0.15, 0.2) is 18.2 Å². The molecule has 0 aliphatic carbocycles. The summed E-state index contributed by atoms with van der Waals surface area (Å²) in [5, 5.41) is 4.01. The predicted octanol–water partition coefficient (Wildman–Crippen LogP) is 2.90. The number of aryl methyl sites for hydroxylation is 2. The number of likely N-dealkylation sites (tertiary alicyclic amines) is 1. The van der Waals surface area contributed by atoms with Crippen molar-refractivity contribution >= 4 is 22.7 Å². The van der Waals surface area contributed by atoms with Gasteiger partial charge in [0.05, 0.1) is 17.0 Å². The van der Waals surface area contributed by atoms with Crippen LogP contribution in [0, 0.1) is 26.7 Å². The number of nitrogens with one attached hydrogen (secondary N) is 1. The Morgan fingerprint density at radius 2 is 2.00 bits per heavy atom. The van der Waals surface area contributed by atoms with Crippen molar-refractivity contribution in [3.05, 3.63) is 40.6 Å². The molecule has 2 bridgehead atoms. The molecule has 3 heterocycles. The maximum absolute atomic E-state index is 13.5. The molecule has 0 saturated carbocycles. The third kappa shape index (κ3) is 2.85. The Balaban J connectivity index is 1.80. The molecule has 0 unspecified atom stereocenters. The third-order valence-corrected chi connectivity index (χ3v) is 5.83. The van der Waals surface area contributed by atoms with Gasteiger partial charge in [-0.15, -0.1) is 0 Å². The average Bonchev–Trinajstić information content (AvgIpc) is 2.84. The topological polar surface area (TPSA) is 62.3 Å². The van der Waals surface area contributed by atoms with E-state index in [0.29, 0.717) is 13.1 Å². The smallest absolute Gasteiger partial charge is 0.254 e. The summed E-state index contributed by atoms with van der Waals surface area (Å²) in [4.78, 5) is 32.4. The molecular formula is C21H25N3O2. The van der Waals surface area contributed by atoms with Gasteiger partial charge in [0, 0.05) is 30.2 Å². The molecule has 2 fully saturated rings. The molecule has 2 aliphatic rings. The van der Waals surface area contributed by atoms with Gasteiger partial charge in [0.2, 0.25) is 5.91 Å². The number of pyridine rings is 1. The number of fused-ring (bicyclic) bond motifs is 4. The van der Waals surface area contributed by atoms with E-state index in [1.807, 2.05) is 43.9 Å². The number of benzene rings is 1. The van der Waals surface area contributed by atoms with Crippen molar-refractivity contribution in [1.29, 1.82) is 0 Å². The number of carbonyl (C=O) groups is 2. The van der Waals surface area contributed by atoms with Crippen LogP contribution in [0.3, 0.4) is 0 Å². The van der Waals surface area contributed by atoms with E-state index in [-0.39, 0.29) is 23.8 Å². The summed E-state index contributed by atoms with van der Waals surface area (Å²) in [5.41, 5.74) is 4.52. The van der Waals surface area contributed by atoms with Gasteiger partial charge in [-0.3, -0.25) is 14.6 Å². The van der Waals surface area contributed by atoms with E-state index >= 15 is 0 Å². The summed E-state index contributed by atoms with van der Waals surface area (Å²) in [7, 11) is 0. The summed E-state index contributed by atoms with van der Waals surface area (Å²) in [6.45, 7) is 7.05. The molecule has 2 aliphatic heterocycles. The zero-order valence-corrected chi connectivity index (χ0v) is 15.6. The maximum atomic E-state index is 13.5. The van der Waals surface area contributed by atoms with Gasteiger partial charge >= 0.3 is 0 Å². The largest absolute Gasteiger partial charge is 0.351 e. The highest BCUT2D eigenvalue weighted by Crippen LogP contribution is 2.28. The van der Waals surface area contributed by atoms with Crippen LogP contribution in [0.4, 0.5) is 0 Å². The highest BCUT2D eigenvalue weighted by molar-refractivity contribution is 6.08. The Hall–Kier alpha value is -2.43. The standard InChI is InChI=1S/C21H25N3O2/c1-12-7-8-18-17(9-12)19(13(2)14(3)22-18)21(26)24-10-15-5-4-6-16(11-24)23-20(15)25/h7-9,15-16H,4-6,10-11H2,1-3H3,(H,23,25)/t15-,16-/m1/s1. The number of amides is 2. The summed E-state index contributed by atoms with van der Waals surface area (Å²) < 4.78 is 0. The molecule has 1 aromatic carbocycles. The minimum absolute atomic E-state index is 0.0250. The van der Waals surface area contributed by atoms with Crippen LogP contribution in [0.5, 0.6) is 0 Å². The molecule has 2 saturated heterocycles. The van der Waals surface area contributed by atoms with Crippen molar-refractivity contribution in [3.63, 3.8) is 0 Å². The fraction of sp³-hybridized carbons (Fsp3) is 0.476. The van der Waals surface area contributed by atoms with Crippen molar-refractivity contribution in [3.8, 4) is 0 Å². The van der Waals surface area contributed by atoms with Gasteiger partial charge in [-0.25, -0.2) is 0 Å². The molecule has 2 amide bonds. The molecular weight excluding hydrogens is 326 g/mol. The van der Waals surface area contributed by atoms with Crippen LogP contribution in [0.1, 0.15) is 46.4 Å². The Morgan fingerprint density at radius 1 is 1.19 bits per heavy atom. The first kappa shape index (κ1) is 17.0. The van der Waals surface area contributed by atoms with Crippen LogP contribution in [0.25, 0.3) is 10.9 Å². The van der Waals surface area contributed by atoms with Crippen LogP contribution in [0.2, 0.25) is 0 Å². The second-order valence-electron chi connectivity index (χ2n) is 7.76. The molecule has 5 nitrogen and oxygen atoms in total. The minimum atomic E-state index is -0.0947. The second-order valence-corrected chi connectivity index (χ2v) is 7.76. The lowest BCUT2D eigenvalue weighted by atomic mass is 9.96. The minimum Gasteiger partial charge on any atom is -0.351 e. The van der Waals surface area contributed by atoms with Crippen molar-refractivity contribution in [2.75, 3.05) is 13.1 Å². The lowest BCUT2D eigenvalue weighted by molar-refractivity contribution is -0.124. The fourth-order valence-electron chi connectivity index (χ4n) is 4.25. The molecule has 4 rings (SSSR count). The molecule has 5 heteroatoms. The summed E-state index contributed by atoms with van der Waals surface area (Å²) in [6, 6.07) is 6.12. The number of hydrogen-bond acceptors (Lipinski definition) is 3. The third-order valence-electron chi connectivity index (χ3n) is 5.83. The van der Waals surface area contributed by atoms with Gasteiger partial charge < -0.3 is 10.2 Å². The summed E-state index contributed by atoms with van der Waals surface area (Å²) >= 11 is 0. The van der Waals surface area contributed by atoms with Gasteiger partial charge in [0.1, 0.15) is 0 Å². The van der Waals surface area contributed by atoms with Gasteiger partial charge in [-0.1, -0.05) is 18.1 Å². The molecule has 0 spiro atoms. The molecule has 1 aromatic heterocycles. The number of aromatic nitrogens is 1. The van der Waals surface area contributed by atoms with E-state index in [4.69, 9.17) is 0 Å². The molecule has 1 N–H and O–H groups in total. The average molecular weight is 351 g/mol. The first-order valence-corrected chi connectivity index (χ1v) is 9.41. The van der Waals surface area contributed by atoms with Crippen molar-refractivity contribution in [1.82, 2.24) is 15.2 Å². The molecule has 2 atom stereocenters. The van der Waals surface area contributed by atoms with Crippen molar-refractivity contribution in [2.45, 2.75) is 46.1 Å². The van der Waals surface area contributed by atoms with E-state index in [1.165, 1.54) is 0 Å². The lowest BCUT2D eigenvalue weighted by Crippen LogP contribution is -2.42. The summed E-state index contributed by atoms with van der Waals surface area (Å²) in [5.74, 6) is 0.0332. The SMILES string of the molecule is Cc1ccc2nc(C)c(C)c(C(=O)N3C[C@H]4CCC[C@H](C3)C(=O)N4)c2c1. The molecule has 2 aromatic rings. The van der Waals surface area contributed by atoms with E-state index in [0.717, 1.165) is 52.5 Å². The number of nitrogens with zero attached hydrogens (tertiary/aromatic N) is 2. The van der Waals surface area contributed by atoms with Gasteiger partial charge in [-0.05, 0) is 51.3 Å². The van der Waals surface area contributed by atoms with Gasteiger partial charge in [0.15, 0.2) is 0 Å². The number of hydrogen-bond donors (Lipinski definition) is 1. The van der Waals surface area contributed by atoms with Gasteiger partial charge in [0.25, 0.3) is 5.91 Å². The molecule has 26 heavy (non-hydrogen) atoms. The molecule has 136 valence electrons. The zero-order chi connectivity index (χ0) is 18.4. The summed E-state index contributed by atoms with van der Waals surface area (Å²) in [6.07, 6.45) is 2.85. The second kappa shape index (κ2) is 6.38. The van der Waals surface area contributed by atoms with Crippen LogP contribution < -0.4 is 5.32 Å². The first-order valence-electron chi connectivity index (χ1n) is 9.41. The van der Waals surface area contributed by atoms with Crippen LogP contribution in [-0.2, 0) is 4.79 Å². The normalized spacial score (nSPS) is 22.9. The quantitative estimate of drug-likeness (QED) is 0.859. The monoisotopic (exact) mass is 351 g/mol. The predicted molar refractivity (Wildman–Crippen MR) is 101 cm³/mol. The first-order chi connectivity index (χ1) is 12.4. The zero-order valence-electron chi connectivity index (χ0n) is 15.6. The molecule has 0 radical (unpaired) electrons. The van der Waals surface area contributed by atoms with Crippen LogP contribution >= 0.6 is 0 Å². The lowest BCUT2D eigenvalue weighted by Gasteiger charge is -2.28. The van der Waals surface area contributed by atoms with Gasteiger partial charge in [-0.2, -0.15) is 0 Å². The fourth-order valence-corrected chi connectivity index (χ4v) is 4.25. The van der Waals surface area contributed by atoms with Crippen molar-refractivity contribution < 1.29 is 9.59 Å². The van der Waals surface area contributed by atoms with E-state index in [1.54, 1.807) is 0 Å². The Kier molecular flexibility index (Phi) is 4.17. The van der Waals surface area contributed by atoms with Crippen LogP contribution in [-0.4, -0.2) is 40.8 Å². The van der Waals surface area contributed by atoms with E-state index < -0.39 is 0 Å². The Labute approximate surface area is 153 Å². The highest BCUT2D eigenvalue weighted by Gasteiger charge is 2.35. The number of rotatable bonds is 1. The van der Waals surface area contributed by atoms with Crippen molar-refractivity contribution in [2.24, 2.45) is 5.92 Å². The Bertz CT molecular complexity index is 906. The van der Waals surface area contributed by atoms with E-state index in [9.17, 15) is 9.59 Å². The highest BCUT2D eigenvalue weighted by atomic mass is 16.2.